The molecule has 1 N–H and O–H groups in total. The first-order valence-electron chi connectivity index (χ1n) is 7.73. The number of hydrogen-bond donors (Lipinski definition) is 1. The van der Waals surface area contributed by atoms with Crippen molar-refractivity contribution in [2.24, 2.45) is 0 Å². The van der Waals surface area contributed by atoms with Gasteiger partial charge in [0.25, 0.3) is 0 Å². The van der Waals surface area contributed by atoms with Crippen LogP contribution in [0.4, 0.5) is 0 Å². The molecular formula is C18H22BrNO3S. The van der Waals surface area contributed by atoms with Gasteiger partial charge in [0.15, 0.2) is 0 Å². The number of methoxy groups -OCH3 is 1. The molecule has 0 heterocycles. The summed E-state index contributed by atoms with van der Waals surface area (Å²) in [4.78, 5) is 0. The van der Waals surface area contributed by atoms with Crippen LogP contribution in [0.5, 0.6) is 5.75 Å². The van der Waals surface area contributed by atoms with Gasteiger partial charge in [0.1, 0.15) is 5.75 Å². The molecule has 0 aliphatic heterocycles. The molecular weight excluding hydrogens is 390 g/mol. The Kier molecular flexibility index (Phi) is 6.43. The Balaban J connectivity index is 2.18. The summed E-state index contributed by atoms with van der Waals surface area (Å²) in [5.41, 5.74) is 2.67. The number of benzene rings is 2. The molecule has 0 spiro atoms. The number of rotatable bonds is 7. The lowest BCUT2D eigenvalue weighted by atomic mass is 10.0. The maximum atomic E-state index is 12.5. The summed E-state index contributed by atoms with van der Waals surface area (Å²) in [5.74, 6) is 0.753. The van der Waals surface area contributed by atoms with Crippen LogP contribution in [0, 0.1) is 6.92 Å². The van der Waals surface area contributed by atoms with Crippen molar-refractivity contribution in [3.8, 4) is 5.75 Å². The number of sulfonamides is 1. The lowest BCUT2D eigenvalue weighted by molar-refractivity contribution is 0.411. The van der Waals surface area contributed by atoms with Crippen molar-refractivity contribution < 1.29 is 13.2 Å². The molecule has 4 nitrogen and oxygen atoms in total. The van der Waals surface area contributed by atoms with E-state index in [4.69, 9.17) is 4.74 Å². The van der Waals surface area contributed by atoms with Gasteiger partial charge in [0.2, 0.25) is 10.0 Å². The quantitative estimate of drug-likeness (QED) is 0.736. The second-order valence-corrected chi connectivity index (χ2v) is 8.37. The van der Waals surface area contributed by atoms with Crippen LogP contribution in [0.15, 0.2) is 46.9 Å². The summed E-state index contributed by atoms with van der Waals surface area (Å²) >= 11 is 3.37. The van der Waals surface area contributed by atoms with Gasteiger partial charge in [-0.25, -0.2) is 13.1 Å². The zero-order valence-corrected chi connectivity index (χ0v) is 16.4. The Bertz CT molecular complexity index is 806. The Labute approximate surface area is 152 Å². The van der Waals surface area contributed by atoms with E-state index in [-0.39, 0.29) is 11.8 Å². The highest BCUT2D eigenvalue weighted by Crippen LogP contribution is 2.25. The monoisotopic (exact) mass is 411 g/mol. The van der Waals surface area contributed by atoms with Crippen LogP contribution >= 0.6 is 15.9 Å². The molecule has 0 aliphatic carbocycles. The lowest BCUT2D eigenvalue weighted by Gasteiger charge is -2.19. The molecule has 130 valence electrons. The minimum Gasteiger partial charge on any atom is -0.496 e. The fourth-order valence-electron chi connectivity index (χ4n) is 2.61. The number of nitrogens with one attached hydrogen (secondary N) is 1. The van der Waals surface area contributed by atoms with Gasteiger partial charge in [-0.3, -0.25) is 0 Å². The third kappa shape index (κ3) is 5.06. The molecule has 2 aromatic rings. The van der Waals surface area contributed by atoms with Gasteiger partial charge in [-0.05, 0) is 48.2 Å². The summed E-state index contributed by atoms with van der Waals surface area (Å²) in [6, 6.07) is 12.8. The molecule has 2 rings (SSSR count). The summed E-state index contributed by atoms with van der Waals surface area (Å²) in [5, 5.41) is 0. The van der Waals surface area contributed by atoms with Crippen molar-refractivity contribution in [2.45, 2.75) is 32.1 Å². The molecule has 24 heavy (non-hydrogen) atoms. The average molecular weight is 412 g/mol. The van der Waals surface area contributed by atoms with E-state index in [0.29, 0.717) is 6.42 Å². The van der Waals surface area contributed by atoms with Crippen molar-refractivity contribution in [1.29, 1.82) is 0 Å². The first-order valence-corrected chi connectivity index (χ1v) is 10.2. The van der Waals surface area contributed by atoms with E-state index in [1.165, 1.54) is 0 Å². The van der Waals surface area contributed by atoms with Gasteiger partial charge in [0.05, 0.1) is 12.9 Å². The Morgan fingerprint density at radius 2 is 1.96 bits per heavy atom. The molecule has 1 unspecified atom stereocenters. The van der Waals surface area contributed by atoms with Gasteiger partial charge in [-0.2, -0.15) is 0 Å². The van der Waals surface area contributed by atoms with E-state index in [1.54, 1.807) is 7.11 Å². The molecule has 2 aromatic carbocycles. The third-order valence-electron chi connectivity index (χ3n) is 3.80. The zero-order valence-electron chi connectivity index (χ0n) is 14.0. The molecule has 0 saturated heterocycles. The van der Waals surface area contributed by atoms with E-state index >= 15 is 0 Å². The van der Waals surface area contributed by atoms with Crippen molar-refractivity contribution >= 4 is 26.0 Å². The molecule has 0 radical (unpaired) electrons. The van der Waals surface area contributed by atoms with Gasteiger partial charge in [-0.1, -0.05) is 47.1 Å². The van der Waals surface area contributed by atoms with Crippen LogP contribution in [-0.2, 0) is 15.8 Å². The number of aryl methyl sites for hydroxylation is 1. The van der Waals surface area contributed by atoms with E-state index < -0.39 is 10.0 Å². The molecule has 6 heteroatoms. The maximum absolute atomic E-state index is 12.5. The topological polar surface area (TPSA) is 55.4 Å². The van der Waals surface area contributed by atoms with Crippen LogP contribution in [0.1, 0.15) is 36.1 Å². The summed E-state index contributed by atoms with van der Waals surface area (Å²) < 4.78 is 34.0. The minimum absolute atomic E-state index is 0.0436. The SMILES string of the molecule is CCC(NS(=O)(=O)Cc1cccc(Br)c1)c1ccc(OC)c(C)c1. The fourth-order valence-corrected chi connectivity index (χ4v) is 4.49. The molecule has 0 fully saturated rings. The predicted octanol–water partition coefficient (Wildman–Crippen LogP) is 4.34. The molecule has 0 aromatic heterocycles. The molecule has 0 aliphatic rings. The van der Waals surface area contributed by atoms with E-state index in [2.05, 4.69) is 20.7 Å². The Morgan fingerprint density at radius 1 is 1.21 bits per heavy atom. The molecule has 0 amide bonds. The highest BCUT2D eigenvalue weighted by molar-refractivity contribution is 9.10. The molecule has 0 saturated carbocycles. The van der Waals surface area contributed by atoms with E-state index in [0.717, 1.165) is 26.9 Å². The summed E-state index contributed by atoms with van der Waals surface area (Å²) in [7, 11) is -1.82. The van der Waals surface area contributed by atoms with Crippen LogP contribution in [0.3, 0.4) is 0 Å². The van der Waals surface area contributed by atoms with Crippen molar-refractivity contribution in [1.82, 2.24) is 4.72 Å². The number of hydrogen-bond acceptors (Lipinski definition) is 3. The van der Waals surface area contributed by atoms with Crippen molar-refractivity contribution in [3.05, 3.63) is 63.6 Å². The zero-order chi connectivity index (χ0) is 17.7. The fraction of sp³-hybridized carbons (Fsp3) is 0.333. The second-order valence-electron chi connectivity index (χ2n) is 5.70. The van der Waals surface area contributed by atoms with E-state index in [1.807, 2.05) is 56.3 Å². The van der Waals surface area contributed by atoms with Crippen LogP contribution in [-0.4, -0.2) is 15.5 Å². The normalized spacial score (nSPS) is 12.8. The number of ether oxygens (including phenoxy) is 1. The van der Waals surface area contributed by atoms with E-state index in [9.17, 15) is 8.42 Å². The molecule has 1 atom stereocenters. The van der Waals surface area contributed by atoms with Gasteiger partial charge >= 0.3 is 0 Å². The average Bonchev–Trinajstić information content (AvgIpc) is 2.52. The highest BCUT2D eigenvalue weighted by atomic mass is 79.9. The Morgan fingerprint density at radius 3 is 2.54 bits per heavy atom. The predicted molar refractivity (Wildman–Crippen MR) is 101 cm³/mol. The van der Waals surface area contributed by atoms with Crippen LogP contribution < -0.4 is 9.46 Å². The minimum atomic E-state index is -3.44. The third-order valence-corrected chi connectivity index (χ3v) is 5.65. The summed E-state index contributed by atoms with van der Waals surface area (Å²) in [6.45, 7) is 3.91. The van der Waals surface area contributed by atoms with Crippen molar-refractivity contribution in [2.75, 3.05) is 7.11 Å². The van der Waals surface area contributed by atoms with Gasteiger partial charge in [0, 0.05) is 10.5 Å². The lowest BCUT2D eigenvalue weighted by Crippen LogP contribution is -2.29. The number of halogens is 1. The highest BCUT2D eigenvalue weighted by Gasteiger charge is 2.19. The summed E-state index contributed by atoms with van der Waals surface area (Å²) in [6.07, 6.45) is 0.670. The van der Waals surface area contributed by atoms with Gasteiger partial charge in [-0.15, -0.1) is 0 Å². The van der Waals surface area contributed by atoms with Crippen LogP contribution in [0.25, 0.3) is 0 Å². The molecule has 0 bridgehead atoms. The second kappa shape index (κ2) is 8.14. The van der Waals surface area contributed by atoms with Gasteiger partial charge < -0.3 is 4.74 Å². The Hall–Kier alpha value is -1.37. The van der Waals surface area contributed by atoms with Crippen molar-refractivity contribution in [3.63, 3.8) is 0 Å². The maximum Gasteiger partial charge on any atom is 0.216 e. The largest absolute Gasteiger partial charge is 0.496 e. The first-order chi connectivity index (χ1) is 11.3. The first kappa shape index (κ1) is 19.0. The van der Waals surface area contributed by atoms with Crippen LogP contribution in [0.2, 0.25) is 0 Å². The standard InChI is InChI=1S/C18H22BrNO3S/c1-4-17(15-8-9-18(23-3)13(2)10-15)20-24(21,22)12-14-6-5-7-16(19)11-14/h5-11,17,20H,4,12H2,1-3H3. The smallest absolute Gasteiger partial charge is 0.216 e.